The lowest BCUT2D eigenvalue weighted by molar-refractivity contribution is -0.125. The van der Waals surface area contributed by atoms with Gasteiger partial charge in [0.05, 0.1) is 6.67 Å². The molecule has 1 amide bonds. The smallest absolute Gasteiger partial charge is 0.247 e. The molecule has 1 N–H and O–H groups in total. The molecule has 0 radical (unpaired) electrons. The van der Waals surface area contributed by atoms with Crippen molar-refractivity contribution < 1.29 is 14.0 Å². The van der Waals surface area contributed by atoms with E-state index in [1.165, 1.54) is 12.1 Å². The Morgan fingerprint density at radius 3 is 2.56 bits per heavy atom. The number of carbonyl (C=O) groups is 2. The van der Waals surface area contributed by atoms with Crippen molar-refractivity contribution in [1.82, 2.24) is 10.2 Å². The minimum absolute atomic E-state index is 0.0240. The van der Waals surface area contributed by atoms with E-state index in [-0.39, 0.29) is 23.4 Å². The Bertz CT molecular complexity index is 1220. The average molecular weight is 460 g/mol. The van der Waals surface area contributed by atoms with Crippen LogP contribution in [0.5, 0.6) is 0 Å². The summed E-state index contributed by atoms with van der Waals surface area (Å²) < 4.78 is 13.8. The molecule has 2 fully saturated rings. The SMILES string of the molecule is C[C@H](CC(=O)c1ccc2ccccc2c1)CN1CCC2(CC1)C(=O)NCN2c1cccc(F)c1. The van der Waals surface area contributed by atoms with Crippen molar-refractivity contribution in [1.29, 1.82) is 0 Å². The number of Topliss-reactive ketones (excluding diaryl/α,β-unsaturated/α-hetero) is 1. The third-order valence-corrected chi connectivity index (χ3v) is 7.32. The molecule has 2 aliphatic heterocycles. The molecule has 1 atom stereocenters. The average Bonchev–Trinajstić information content (AvgIpc) is 3.15. The van der Waals surface area contributed by atoms with Crippen molar-refractivity contribution in [2.24, 2.45) is 5.92 Å². The van der Waals surface area contributed by atoms with Crippen molar-refractivity contribution in [3.05, 3.63) is 78.1 Å². The number of halogens is 1. The summed E-state index contributed by atoms with van der Waals surface area (Å²) in [5, 5.41) is 5.18. The van der Waals surface area contributed by atoms with Crippen LogP contribution in [0, 0.1) is 11.7 Å². The minimum atomic E-state index is -0.631. The van der Waals surface area contributed by atoms with E-state index in [2.05, 4.69) is 23.2 Å². The molecule has 0 unspecified atom stereocenters. The summed E-state index contributed by atoms with van der Waals surface area (Å²) in [5.41, 5.74) is 0.867. The number of likely N-dealkylation sites (tertiary alicyclic amines) is 1. The Labute approximate surface area is 199 Å². The maximum atomic E-state index is 13.8. The van der Waals surface area contributed by atoms with E-state index in [0.717, 1.165) is 41.7 Å². The molecule has 3 aromatic carbocycles. The molecule has 5 nitrogen and oxygen atoms in total. The van der Waals surface area contributed by atoms with Gasteiger partial charge in [0.1, 0.15) is 11.4 Å². The number of ketones is 1. The van der Waals surface area contributed by atoms with Crippen LogP contribution in [0.25, 0.3) is 10.8 Å². The predicted molar refractivity (Wildman–Crippen MR) is 132 cm³/mol. The van der Waals surface area contributed by atoms with Crippen molar-refractivity contribution in [3.8, 4) is 0 Å². The number of amides is 1. The predicted octanol–water partition coefficient (Wildman–Crippen LogP) is 4.62. The monoisotopic (exact) mass is 459 g/mol. The van der Waals surface area contributed by atoms with Gasteiger partial charge < -0.3 is 15.1 Å². The van der Waals surface area contributed by atoms with Gasteiger partial charge in [-0.1, -0.05) is 49.4 Å². The molecule has 6 heteroatoms. The first-order valence-electron chi connectivity index (χ1n) is 12.0. The number of anilines is 1. The molecule has 0 saturated carbocycles. The van der Waals surface area contributed by atoms with Gasteiger partial charge >= 0.3 is 0 Å². The van der Waals surface area contributed by atoms with Gasteiger partial charge in [-0.15, -0.1) is 0 Å². The van der Waals surface area contributed by atoms with Gasteiger partial charge in [-0.05, 0) is 53.8 Å². The van der Waals surface area contributed by atoms with Crippen molar-refractivity contribution in [2.45, 2.75) is 31.7 Å². The fraction of sp³-hybridized carbons (Fsp3) is 0.357. The summed E-state index contributed by atoms with van der Waals surface area (Å²) in [5.74, 6) is 0.106. The molecule has 176 valence electrons. The molecule has 0 aromatic heterocycles. The van der Waals surface area contributed by atoms with Gasteiger partial charge in [-0.3, -0.25) is 9.59 Å². The number of nitrogens with one attached hydrogen (secondary N) is 1. The first kappa shape index (κ1) is 22.5. The standard InChI is InChI=1S/C28H30FN3O2/c1-20(15-26(33)23-10-9-21-5-2-3-6-22(21)16-23)18-31-13-11-28(12-14-31)27(34)30-19-32(28)25-8-4-7-24(29)17-25/h2-10,16-17,20H,11-15,18-19H2,1H3,(H,30,34)/t20-/m1/s1. The van der Waals surface area contributed by atoms with E-state index < -0.39 is 5.54 Å². The summed E-state index contributed by atoms with van der Waals surface area (Å²) in [6.45, 7) is 4.88. The molecule has 2 aliphatic rings. The summed E-state index contributed by atoms with van der Waals surface area (Å²) >= 11 is 0. The molecule has 34 heavy (non-hydrogen) atoms. The molecule has 5 rings (SSSR count). The van der Waals surface area contributed by atoms with Crippen LogP contribution < -0.4 is 10.2 Å². The van der Waals surface area contributed by atoms with E-state index in [1.807, 2.05) is 47.4 Å². The third kappa shape index (κ3) is 4.30. The number of carbonyl (C=O) groups excluding carboxylic acids is 2. The second-order valence-electron chi connectivity index (χ2n) is 9.70. The van der Waals surface area contributed by atoms with Crippen LogP contribution in [-0.2, 0) is 4.79 Å². The van der Waals surface area contributed by atoms with Gasteiger partial charge in [0.25, 0.3) is 0 Å². The fourth-order valence-electron chi connectivity index (χ4n) is 5.48. The Kier molecular flexibility index (Phi) is 6.09. The van der Waals surface area contributed by atoms with Crippen LogP contribution in [0.4, 0.5) is 10.1 Å². The third-order valence-electron chi connectivity index (χ3n) is 7.32. The number of nitrogens with zero attached hydrogens (tertiary/aromatic N) is 2. The van der Waals surface area contributed by atoms with E-state index >= 15 is 0 Å². The minimum Gasteiger partial charge on any atom is -0.339 e. The number of rotatable bonds is 6. The number of benzene rings is 3. The first-order chi connectivity index (χ1) is 16.4. The number of hydrogen-bond acceptors (Lipinski definition) is 4. The van der Waals surface area contributed by atoms with Crippen molar-refractivity contribution in [3.63, 3.8) is 0 Å². The molecular formula is C28H30FN3O2. The largest absolute Gasteiger partial charge is 0.339 e. The number of fused-ring (bicyclic) bond motifs is 1. The highest BCUT2D eigenvalue weighted by atomic mass is 19.1. The zero-order chi connectivity index (χ0) is 23.7. The van der Waals surface area contributed by atoms with Crippen LogP contribution in [0.2, 0.25) is 0 Å². The van der Waals surface area contributed by atoms with E-state index in [0.29, 0.717) is 25.9 Å². The zero-order valence-electron chi connectivity index (χ0n) is 19.5. The van der Waals surface area contributed by atoms with Crippen LogP contribution in [0.1, 0.15) is 36.5 Å². The van der Waals surface area contributed by atoms with Crippen LogP contribution >= 0.6 is 0 Å². The van der Waals surface area contributed by atoms with Gasteiger partial charge in [-0.25, -0.2) is 4.39 Å². The lowest BCUT2D eigenvalue weighted by Gasteiger charge is -2.43. The van der Waals surface area contributed by atoms with Gasteiger partial charge in [0.2, 0.25) is 5.91 Å². The molecule has 3 aromatic rings. The second-order valence-corrected chi connectivity index (χ2v) is 9.70. The molecule has 0 aliphatic carbocycles. The fourth-order valence-corrected chi connectivity index (χ4v) is 5.48. The highest BCUT2D eigenvalue weighted by Crippen LogP contribution is 2.36. The molecule has 1 spiro atoms. The summed E-state index contributed by atoms with van der Waals surface area (Å²) in [6, 6.07) is 20.4. The second kappa shape index (κ2) is 9.18. The molecule has 2 saturated heterocycles. The molecule has 2 heterocycles. The van der Waals surface area contributed by atoms with Crippen LogP contribution in [0.3, 0.4) is 0 Å². The first-order valence-corrected chi connectivity index (χ1v) is 12.0. The Balaban J connectivity index is 1.20. The zero-order valence-corrected chi connectivity index (χ0v) is 19.5. The topological polar surface area (TPSA) is 52.7 Å². The highest BCUT2D eigenvalue weighted by Gasteiger charge is 2.50. The summed E-state index contributed by atoms with van der Waals surface area (Å²) in [7, 11) is 0. The molecule has 0 bridgehead atoms. The summed E-state index contributed by atoms with van der Waals surface area (Å²) in [4.78, 5) is 30.1. The van der Waals surface area contributed by atoms with Crippen molar-refractivity contribution in [2.75, 3.05) is 31.2 Å². The lowest BCUT2D eigenvalue weighted by Crippen LogP contribution is -2.56. The van der Waals surface area contributed by atoms with Gasteiger partial charge in [0, 0.05) is 37.3 Å². The quantitative estimate of drug-likeness (QED) is 0.547. The summed E-state index contributed by atoms with van der Waals surface area (Å²) in [6.07, 6.45) is 1.86. The van der Waals surface area contributed by atoms with Gasteiger partial charge in [0.15, 0.2) is 5.78 Å². The van der Waals surface area contributed by atoms with Crippen LogP contribution in [-0.4, -0.2) is 48.4 Å². The maximum absolute atomic E-state index is 13.8. The van der Waals surface area contributed by atoms with Gasteiger partial charge in [-0.2, -0.15) is 0 Å². The van der Waals surface area contributed by atoms with E-state index in [9.17, 15) is 14.0 Å². The highest BCUT2D eigenvalue weighted by molar-refractivity contribution is 6.00. The van der Waals surface area contributed by atoms with Crippen molar-refractivity contribution >= 4 is 28.2 Å². The van der Waals surface area contributed by atoms with E-state index in [1.54, 1.807) is 6.07 Å². The number of piperidine rings is 1. The maximum Gasteiger partial charge on any atom is 0.247 e. The Morgan fingerprint density at radius 2 is 1.79 bits per heavy atom. The number of hydrogen-bond donors (Lipinski definition) is 1. The normalized spacial score (nSPS) is 18.9. The molecular weight excluding hydrogens is 429 g/mol. The van der Waals surface area contributed by atoms with Crippen LogP contribution in [0.15, 0.2) is 66.7 Å². The lowest BCUT2D eigenvalue weighted by atomic mass is 9.85. The Hall–Kier alpha value is -3.25. The Morgan fingerprint density at radius 1 is 1.03 bits per heavy atom. The van der Waals surface area contributed by atoms with E-state index in [4.69, 9.17) is 0 Å².